The lowest BCUT2D eigenvalue weighted by molar-refractivity contribution is -0.133. The summed E-state index contributed by atoms with van der Waals surface area (Å²) in [5.74, 6) is 0.0807. The van der Waals surface area contributed by atoms with Gasteiger partial charge < -0.3 is 19.7 Å². The first-order valence-electron chi connectivity index (χ1n) is 7.35. The first-order chi connectivity index (χ1) is 12.0. The van der Waals surface area contributed by atoms with E-state index in [4.69, 9.17) is 32.7 Å². The third-order valence-corrected chi connectivity index (χ3v) is 4.05. The fraction of sp³-hybridized carbons (Fsp3) is 0.176. The third-order valence-electron chi connectivity index (χ3n) is 3.58. The van der Waals surface area contributed by atoms with Gasteiger partial charge in [0.05, 0.1) is 25.0 Å². The number of ether oxygens (including phenoxy) is 2. The molecule has 0 radical (unpaired) electrons. The first kappa shape index (κ1) is 17.4. The number of rotatable bonds is 4. The SMILES string of the molecule is COc1ccc(Cl)cc1NC(=O)CN1CC(=O)Oc2ccc(Cl)cc21. The molecule has 8 heteroatoms. The van der Waals surface area contributed by atoms with Gasteiger partial charge in [0.1, 0.15) is 12.3 Å². The number of fused-ring (bicyclic) bond motifs is 1. The highest BCUT2D eigenvalue weighted by atomic mass is 35.5. The average Bonchev–Trinajstić information content (AvgIpc) is 2.55. The molecule has 0 spiro atoms. The normalized spacial score (nSPS) is 13.1. The largest absolute Gasteiger partial charge is 0.495 e. The Balaban J connectivity index is 1.79. The number of carbonyl (C=O) groups is 2. The summed E-state index contributed by atoms with van der Waals surface area (Å²) in [5, 5.41) is 3.69. The van der Waals surface area contributed by atoms with Crippen molar-refractivity contribution < 1.29 is 19.1 Å². The van der Waals surface area contributed by atoms with Gasteiger partial charge in [0.2, 0.25) is 5.91 Å². The summed E-state index contributed by atoms with van der Waals surface area (Å²) >= 11 is 12.0. The van der Waals surface area contributed by atoms with Gasteiger partial charge in [-0.15, -0.1) is 0 Å². The molecule has 2 aromatic carbocycles. The molecule has 0 saturated heterocycles. The van der Waals surface area contributed by atoms with Gasteiger partial charge in [0.25, 0.3) is 0 Å². The Kier molecular flexibility index (Phi) is 5.01. The third kappa shape index (κ3) is 3.97. The number of halogens is 2. The van der Waals surface area contributed by atoms with Crippen molar-refractivity contribution in [2.75, 3.05) is 30.4 Å². The number of carbonyl (C=O) groups excluding carboxylic acids is 2. The van der Waals surface area contributed by atoms with Crippen LogP contribution in [-0.2, 0) is 9.59 Å². The molecular formula is C17H14Cl2N2O4. The molecule has 0 atom stereocenters. The molecule has 1 aliphatic heterocycles. The van der Waals surface area contributed by atoms with E-state index in [1.54, 1.807) is 41.3 Å². The molecule has 0 aromatic heterocycles. The van der Waals surface area contributed by atoms with E-state index in [0.29, 0.717) is 32.9 Å². The van der Waals surface area contributed by atoms with Crippen LogP contribution < -0.4 is 19.7 Å². The van der Waals surface area contributed by atoms with Gasteiger partial charge in [0, 0.05) is 10.0 Å². The minimum atomic E-state index is -0.442. The number of amides is 1. The zero-order valence-electron chi connectivity index (χ0n) is 13.2. The van der Waals surface area contributed by atoms with E-state index >= 15 is 0 Å². The number of hydrogen-bond donors (Lipinski definition) is 1. The van der Waals surface area contributed by atoms with Gasteiger partial charge >= 0.3 is 5.97 Å². The summed E-state index contributed by atoms with van der Waals surface area (Å²) in [5.41, 5.74) is 1.03. The number of esters is 1. The second kappa shape index (κ2) is 7.21. The van der Waals surface area contributed by atoms with E-state index < -0.39 is 5.97 Å². The molecule has 3 rings (SSSR count). The Morgan fingerprint density at radius 3 is 2.72 bits per heavy atom. The van der Waals surface area contributed by atoms with Crippen molar-refractivity contribution in [1.29, 1.82) is 0 Å². The van der Waals surface area contributed by atoms with E-state index in [2.05, 4.69) is 5.32 Å². The maximum atomic E-state index is 12.4. The number of nitrogens with zero attached hydrogens (tertiary/aromatic N) is 1. The van der Waals surface area contributed by atoms with Gasteiger partial charge in [-0.05, 0) is 36.4 Å². The molecule has 0 saturated carbocycles. The first-order valence-corrected chi connectivity index (χ1v) is 8.10. The van der Waals surface area contributed by atoms with E-state index in [9.17, 15) is 9.59 Å². The van der Waals surface area contributed by atoms with Crippen LogP contribution in [0.15, 0.2) is 36.4 Å². The van der Waals surface area contributed by atoms with Crippen molar-refractivity contribution in [2.45, 2.75) is 0 Å². The lowest BCUT2D eigenvalue weighted by Gasteiger charge is -2.29. The van der Waals surface area contributed by atoms with Crippen molar-refractivity contribution in [3.63, 3.8) is 0 Å². The van der Waals surface area contributed by atoms with Crippen LogP contribution in [0.4, 0.5) is 11.4 Å². The second-order valence-electron chi connectivity index (χ2n) is 5.33. The molecule has 2 aromatic rings. The summed E-state index contributed by atoms with van der Waals surface area (Å²) in [6, 6.07) is 9.78. The maximum absolute atomic E-state index is 12.4. The van der Waals surface area contributed by atoms with Crippen LogP contribution in [0.2, 0.25) is 10.0 Å². The highest BCUT2D eigenvalue weighted by molar-refractivity contribution is 6.31. The maximum Gasteiger partial charge on any atom is 0.331 e. The van der Waals surface area contributed by atoms with Crippen LogP contribution >= 0.6 is 23.2 Å². The molecule has 0 bridgehead atoms. The molecule has 6 nitrogen and oxygen atoms in total. The zero-order valence-corrected chi connectivity index (χ0v) is 14.7. The monoisotopic (exact) mass is 380 g/mol. The van der Waals surface area contributed by atoms with Crippen LogP contribution in [-0.4, -0.2) is 32.1 Å². The number of hydrogen-bond acceptors (Lipinski definition) is 5. The summed E-state index contributed by atoms with van der Waals surface area (Å²) in [7, 11) is 1.50. The minimum absolute atomic E-state index is 0.0482. The summed E-state index contributed by atoms with van der Waals surface area (Å²) in [4.78, 5) is 25.8. The standard InChI is InChI=1S/C17H14Cl2N2O4/c1-24-14-4-2-10(18)6-12(14)20-16(22)8-21-9-17(23)25-15-5-3-11(19)7-13(15)21/h2-7H,8-9H2,1H3,(H,20,22). The van der Waals surface area contributed by atoms with Gasteiger partial charge in [-0.25, -0.2) is 4.79 Å². The highest BCUT2D eigenvalue weighted by Gasteiger charge is 2.26. The van der Waals surface area contributed by atoms with E-state index in [-0.39, 0.29) is 19.0 Å². The Bertz CT molecular complexity index is 841. The number of anilines is 2. The number of nitrogens with one attached hydrogen (secondary N) is 1. The molecule has 1 aliphatic rings. The molecule has 1 N–H and O–H groups in total. The Hall–Kier alpha value is -2.44. The summed E-state index contributed by atoms with van der Waals surface area (Å²) in [6.07, 6.45) is 0. The van der Waals surface area contributed by atoms with Crippen molar-refractivity contribution in [1.82, 2.24) is 0 Å². The average molecular weight is 381 g/mol. The van der Waals surface area contributed by atoms with E-state index in [1.165, 1.54) is 7.11 Å². The molecule has 1 heterocycles. The Labute approximate surface area is 154 Å². The molecule has 0 aliphatic carbocycles. The van der Waals surface area contributed by atoms with Gasteiger partial charge in [-0.3, -0.25) is 4.79 Å². The molecular weight excluding hydrogens is 367 g/mol. The van der Waals surface area contributed by atoms with Crippen molar-refractivity contribution >= 4 is 46.5 Å². The fourth-order valence-corrected chi connectivity index (χ4v) is 2.84. The number of benzene rings is 2. The summed E-state index contributed by atoms with van der Waals surface area (Å²) < 4.78 is 10.4. The molecule has 25 heavy (non-hydrogen) atoms. The van der Waals surface area contributed by atoms with Gasteiger partial charge in [-0.1, -0.05) is 23.2 Å². The Morgan fingerprint density at radius 2 is 1.96 bits per heavy atom. The molecule has 0 unspecified atom stereocenters. The number of methoxy groups -OCH3 is 1. The van der Waals surface area contributed by atoms with Crippen LogP contribution in [0.5, 0.6) is 11.5 Å². The van der Waals surface area contributed by atoms with E-state index in [0.717, 1.165) is 0 Å². The van der Waals surface area contributed by atoms with Crippen LogP contribution in [0, 0.1) is 0 Å². The van der Waals surface area contributed by atoms with Crippen LogP contribution in [0.1, 0.15) is 0 Å². The smallest absolute Gasteiger partial charge is 0.331 e. The fourth-order valence-electron chi connectivity index (χ4n) is 2.50. The van der Waals surface area contributed by atoms with Gasteiger partial charge in [0.15, 0.2) is 5.75 Å². The quantitative estimate of drug-likeness (QED) is 0.650. The highest BCUT2D eigenvalue weighted by Crippen LogP contribution is 2.34. The van der Waals surface area contributed by atoms with E-state index in [1.807, 2.05) is 0 Å². The van der Waals surface area contributed by atoms with Crippen LogP contribution in [0.25, 0.3) is 0 Å². The predicted molar refractivity (Wildman–Crippen MR) is 95.9 cm³/mol. The van der Waals surface area contributed by atoms with Crippen molar-refractivity contribution in [3.05, 3.63) is 46.4 Å². The lowest BCUT2D eigenvalue weighted by Crippen LogP contribution is -2.41. The topological polar surface area (TPSA) is 67.9 Å². The van der Waals surface area contributed by atoms with Crippen molar-refractivity contribution in [2.24, 2.45) is 0 Å². The predicted octanol–water partition coefficient (Wildman–Crippen LogP) is 3.37. The molecule has 1 amide bonds. The zero-order chi connectivity index (χ0) is 18.0. The lowest BCUT2D eigenvalue weighted by atomic mass is 10.2. The summed E-state index contributed by atoms with van der Waals surface area (Å²) in [6.45, 7) is -0.106. The van der Waals surface area contributed by atoms with Gasteiger partial charge in [-0.2, -0.15) is 0 Å². The molecule has 130 valence electrons. The molecule has 0 fully saturated rings. The minimum Gasteiger partial charge on any atom is -0.495 e. The van der Waals surface area contributed by atoms with Crippen molar-refractivity contribution in [3.8, 4) is 11.5 Å². The second-order valence-corrected chi connectivity index (χ2v) is 6.21. The van der Waals surface area contributed by atoms with Crippen LogP contribution in [0.3, 0.4) is 0 Å². The Morgan fingerprint density at radius 1 is 1.24 bits per heavy atom.